The number of carbonyl (C=O) groups excluding carboxylic acids is 2. The second-order valence-corrected chi connectivity index (χ2v) is 5.73. The predicted octanol–water partition coefficient (Wildman–Crippen LogP) is -0.243. The van der Waals surface area contributed by atoms with Crippen molar-refractivity contribution in [2.45, 2.75) is 44.8 Å². The highest BCUT2D eigenvalue weighted by atomic mass is 16.4. The molecule has 2 rings (SSSR count). The number of fused-ring (bicyclic) bond motifs is 1. The molecule has 0 heterocycles. The van der Waals surface area contributed by atoms with Crippen LogP contribution >= 0.6 is 0 Å². The van der Waals surface area contributed by atoms with Crippen LogP contribution in [0.25, 0.3) is 0 Å². The molecule has 0 aliphatic heterocycles. The molecule has 0 aromatic rings. The molecule has 0 saturated heterocycles. The molecule has 5 atom stereocenters. The molecule has 0 amide bonds. The Hall–Kier alpha value is -1.27. The summed E-state index contributed by atoms with van der Waals surface area (Å²) in [6.45, 7) is 1.62. The van der Waals surface area contributed by atoms with Crippen LogP contribution in [0, 0.1) is 17.3 Å². The number of aliphatic hydroxyl groups is 2. The van der Waals surface area contributed by atoms with Gasteiger partial charge in [-0.2, -0.15) is 0 Å². The van der Waals surface area contributed by atoms with E-state index >= 15 is 0 Å². The maximum Gasteiger partial charge on any atom is 0.305 e. The third-order valence-corrected chi connectivity index (χ3v) is 4.74. The Bertz CT molecular complexity index is 431. The second-order valence-electron chi connectivity index (χ2n) is 5.73. The maximum atomic E-state index is 12.0. The Kier molecular flexibility index (Phi) is 3.49. The summed E-state index contributed by atoms with van der Waals surface area (Å²) < 4.78 is 0. The first-order valence-electron chi connectivity index (χ1n) is 6.42. The van der Waals surface area contributed by atoms with Crippen LogP contribution in [0.15, 0.2) is 0 Å². The highest BCUT2D eigenvalue weighted by Crippen LogP contribution is 2.52. The van der Waals surface area contributed by atoms with Crippen LogP contribution in [0.2, 0.25) is 0 Å². The number of hydrogen-bond acceptors (Lipinski definition) is 5. The van der Waals surface area contributed by atoms with Crippen molar-refractivity contribution in [1.29, 1.82) is 0 Å². The van der Waals surface area contributed by atoms with Crippen molar-refractivity contribution in [3.8, 4) is 0 Å². The van der Waals surface area contributed by atoms with E-state index in [2.05, 4.69) is 0 Å². The van der Waals surface area contributed by atoms with Gasteiger partial charge in [-0.15, -0.1) is 0 Å². The molecule has 2 aliphatic carbocycles. The van der Waals surface area contributed by atoms with E-state index in [0.29, 0.717) is 6.42 Å². The summed E-state index contributed by atoms with van der Waals surface area (Å²) in [5.41, 5.74) is -1.03. The smallest absolute Gasteiger partial charge is 0.305 e. The third-order valence-electron chi connectivity index (χ3n) is 4.74. The van der Waals surface area contributed by atoms with E-state index in [0.717, 1.165) is 0 Å². The van der Waals surface area contributed by atoms with Gasteiger partial charge >= 0.3 is 5.97 Å². The number of rotatable bonds is 3. The predicted molar refractivity (Wildman–Crippen MR) is 63.2 cm³/mol. The minimum absolute atomic E-state index is 0.106. The van der Waals surface area contributed by atoms with Crippen LogP contribution in [0.4, 0.5) is 0 Å². The standard InChI is InChI=1S/C13H18O6/c1-13-6(2-3-9(13)16)12(7(14)4-10(13)17)8(15)5-11(18)19/h6,8,10,12,15,17H,2-5H2,1H3,(H,18,19)/t6-,8?,10?,12-,13-/m0/s1. The van der Waals surface area contributed by atoms with Gasteiger partial charge in [0, 0.05) is 18.8 Å². The molecule has 0 bridgehead atoms. The summed E-state index contributed by atoms with van der Waals surface area (Å²) >= 11 is 0. The van der Waals surface area contributed by atoms with E-state index in [-0.39, 0.29) is 24.4 Å². The van der Waals surface area contributed by atoms with Gasteiger partial charge in [-0.1, -0.05) is 0 Å². The van der Waals surface area contributed by atoms with Crippen molar-refractivity contribution < 1.29 is 29.7 Å². The normalized spacial score (nSPS) is 40.1. The first kappa shape index (κ1) is 14.1. The number of ketones is 2. The lowest BCUT2D eigenvalue weighted by molar-refractivity contribution is -0.156. The summed E-state index contributed by atoms with van der Waals surface area (Å²) in [6, 6.07) is 0. The third kappa shape index (κ3) is 2.08. The second kappa shape index (κ2) is 4.68. The molecular formula is C13H18O6. The number of Topliss-reactive ketones (excluding diaryl/α,β-unsaturated/α-hetero) is 2. The first-order valence-corrected chi connectivity index (χ1v) is 6.42. The quantitative estimate of drug-likeness (QED) is 0.652. The Morgan fingerprint density at radius 2 is 2.11 bits per heavy atom. The minimum atomic E-state index is -1.30. The lowest BCUT2D eigenvalue weighted by atomic mass is 9.60. The average molecular weight is 270 g/mol. The van der Waals surface area contributed by atoms with Gasteiger partial charge in [-0.05, 0) is 19.3 Å². The van der Waals surface area contributed by atoms with Crippen molar-refractivity contribution in [2.24, 2.45) is 17.3 Å². The summed E-state index contributed by atoms with van der Waals surface area (Å²) in [7, 11) is 0. The van der Waals surface area contributed by atoms with E-state index in [1.807, 2.05) is 0 Å². The molecular weight excluding hydrogens is 252 g/mol. The van der Waals surface area contributed by atoms with E-state index < -0.39 is 41.8 Å². The van der Waals surface area contributed by atoms with Gasteiger partial charge in [-0.25, -0.2) is 0 Å². The molecule has 106 valence electrons. The lowest BCUT2D eigenvalue weighted by Crippen LogP contribution is -2.54. The topological polar surface area (TPSA) is 112 Å². The van der Waals surface area contributed by atoms with Crippen LogP contribution < -0.4 is 0 Å². The fraction of sp³-hybridized carbons (Fsp3) is 0.769. The molecule has 2 saturated carbocycles. The number of carbonyl (C=O) groups is 3. The number of carboxylic acids is 1. The van der Waals surface area contributed by atoms with Gasteiger partial charge in [-0.3, -0.25) is 14.4 Å². The molecule has 6 heteroatoms. The Labute approximate surface area is 110 Å². The van der Waals surface area contributed by atoms with Crippen LogP contribution in [-0.2, 0) is 14.4 Å². The highest BCUT2D eigenvalue weighted by molar-refractivity contribution is 5.93. The first-order chi connectivity index (χ1) is 8.78. The Balaban J connectivity index is 2.31. The SMILES string of the molecule is C[C@@]12C(=O)CC[C@H]1[C@H](C(O)CC(=O)O)C(=O)CC2O. The maximum absolute atomic E-state index is 12.0. The van der Waals surface area contributed by atoms with Gasteiger partial charge in [0.1, 0.15) is 11.6 Å². The Morgan fingerprint density at radius 3 is 2.68 bits per heavy atom. The molecule has 0 spiro atoms. The molecule has 3 N–H and O–H groups in total. The highest BCUT2D eigenvalue weighted by Gasteiger charge is 2.59. The molecule has 2 unspecified atom stereocenters. The zero-order chi connectivity index (χ0) is 14.4. The zero-order valence-corrected chi connectivity index (χ0v) is 10.7. The monoisotopic (exact) mass is 270 g/mol. The number of aliphatic carboxylic acids is 1. The van der Waals surface area contributed by atoms with E-state index in [1.54, 1.807) is 6.92 Å². The van der Waals surface area contributed by atoms with E-state index in [4.69, 9.17) is 5.11 Å². The lowest BCUT2D eigenvalue weighted by Gasteiger charge is -2.44. The van der Waals surface area contributed by atoms with Crippen molar-refractivity contribution in [3.05, 3.63) is 0 Å². The molecule has 2 aliphatic rings. The van der Waals surface area contributed by atoms with Crippen molar-refractivity contribution >= 4 is 17.5 Å². The van der Waals surface area contributed by atoms with Crippen LogP contribution in [-0.4, -0.2) is 45.1 Å². The zero-order valence-electron chi connectivity index (χ0n) is 10.7. The van der Waals surface area contributed by atoms with Gasteiger partial charge < -0.3 is 15.3 Å². The van der Waals surface area contributed by atoms with Crippen molar-refractivity contribution in [2.75, 3.05) is 0 Å². The summed E-state index contributed by atoms with van der Waals surface area (Å²) in [5, 5.41) is 28.7. The number of aliphatic hydroxyl groups excluding tert-OH is 2. The fourth-order valence-corrected chi connectivity index (χ4v) is 3.60. The number of carboxylic acid groups (broad SMARTS) is 1. The van der Waals surface area contributed by atoms with Crippen LogP contribution in [0.1, 0.15) is 32.6 Å². The van der Waals surface area contributed by atoms with Gasteiger partial charge in [0.2, 0.25) is 0 Å². The van der Waals surface area contributed by atoms with Crippen LogP contribution in [0.3, 0.4) is 0 Å². The summed E-state index contributed by atoms with van der Waals surface area (Å²) in [6.07, 6.45) is -2.37. The molecule has 0 aromatic carbocycles. The van der Waals surface area contributed by atoms with Gasteiger partial charge in [0.25, 0.3) is 0 Å². The summed E-state index contributed by atoms with van der Waals surface area (Å²) in [5.74, 6) is -2.97. The molecule has 6 nitrogen and oxygen atoms in total. The molecule has 2 fully saturated rings. The van der Waals surface area contributed by atoms with E-state index in [9.17, 15) is 24.6 Å². The van der Waals surface area contributed by atoms with Gasteiger partial charge in [0.15, 0.2) is 0 Å². The molecule has 0 aromatic heterocycles. The Morgan fingerprint density at radius 1 is 1.47 bits per heavy atom. The van der Waals surface area contributed by atoms with Crippen molar-refractivity contribution in [3.63, 3.8) is 0 Å². The summed E-state index contributed by atoms with van der Waals surface area (Å²) in [4.78, 5) is 34.6. The van der Waals surface area contributed by atoms with Crippen LogP contribution in [0.5, 0.6) is 0 Å². The molecule has 19 heavy (non-hydrogen) atoms. The average Bonchev–Trinajstić information content (AvgIpc) is 2.57. The minimum Gasteiger partial charge on any atom is -0.481 e. The van der Waals surface area contributed by atoms with Gasteiger partial charge in [0.05, 0.1) is 24.0 Å². The largest absolute Gasteiger partial charge is 0.481 e. The molecule has 0 radical (unpaired) electrons. The van der Waals surface area contributed by atoms with E-state index in [1.165, 1.54) is 0 Å². The number of hydrogen-bond donors (Lipinski definition) is 3. The fourth-order valence-electron chi connectivity index (χ4n) is 3.60. The van der Waals surface area contributed by atoms with Crippen molar-refractivity contribution in [1.82, 2.24) is 0 Å².